The SMILES string of the molecule is CCCc1nccn1-c1ncnc2cc(N)ccc12. The molecular weight excluding hydrogens is 238 g/mol. The molecule has 2 heterocycles. The number of fused-ring (bicyclic) bond motifs is 1. The van der Waals surface area contributed by atoms with Gasteiger partial charge in [-0.3, -0.25) is 4.57 Å². The predicted molar refractivity (Wildman–Crippen MR) is 75.1 cm³/mol. The third-order valence-corrected chi connectivity index (χ3v) is 3.06. The van der Waals surface area contributed by atoms with Crippen LogP contribution in [0.1, 0.15) is 19.2 Å². The lowest BCUT2D eigenvalue weighted by Gasteiger charge is -2.09. The molecule has 0 saturated heterocycles. The lowest BCUT2D eigenvalue weighted by molar-refractivity contribution is 0.800. The summed E-state index contributed by atoms with van der Waals surface area (Å²) in [6, 6.07) is 5.68. The molecule has 0 fully saturated rings. The Balaban J connectivity index is 2.22. The van der Waals surface area contributed by atoms with Crippen molar-refractivity contribution in [3.05, 3.63) is 42.7 Å². The third kappa shape index (κ3) is 2.03. The van der Waals surface area contributed by atoms with Crippen molar-refractivity contribution in [3.63, 3.8) is 0 Å². The topological polar surface area (TPSA) is 69.6 Å². The molecule has 96 valence electrons. The Morgan fingerprint density at radius 3 is 2.95 bits per heavy atom. The molecule has 5 nitrogen and oxygen atoms in total. The van der Waals surface area contributed by atoms with Gasteiger partial charge in [-0.05, 0) is 24.6 Å². The van der Waals surface area contributed by atoms with Crippen LogP contribution in [-0.4, -0.2) is 19.5 Å². The number of hydrogen-bond acceptors (Lipinski definition) is 4. The molecule has 0 aliphatic heterocycles. The molecule has 1 aromatic carbocycles. The Labute approximate surface area is 111 Å². The summed E-state index contributed by atoms with van der Waals surface area (Å²) >= 11 is 0. The number of imidazole rings is 1. The van der Waals surface area contributed by atoms with Gasteiger partial charge in [-0.15, -0.1) is 0 Å². The molecule has 2 N–H and O–H groups in total. The van der Waals surface area contributed by atoms with Crippen LogP contribution in [0.3, 0.4) is 0 Å². The molecule has 0 amide bonds. The lowest BCUT2D eigenvalue weighted by Crippen LogP contribution is -2.04. The number of aryl methyl sites for hydroxylation is 1. The number of benzene rings is 1. The molecule has 0 atom stereocenters. The van der Waals surface area contributed by atoms with Gasteiger partial charge in [-0.1, -0.05) is 6.92 Å². The first-order valence-corrected chi connectivity index (χ1v) is 6.32. The van der Waals surface area contributed by atoms with E-state index in [0.29, 0.717) is 5.69 Å². The molecule has 5 heteroatoms. The van der Waals surface area contributed by atoms with Crippen molar-refractivity contribution in [2.75, 3.05) is 5.73 Å². The summed E-state index contributed by atoms with van der Waals surface area (Å²) in [7, 11) is 0. The average molecular weight is 253 g/mol. The maximum atomic E-state index is 5.79. The smallest absolute Gasteiger partial charge is 0.149 e. The van der Waals surface area contributed by atoms with Gasteiger partial charge in [-0.25, -0.2) is 15.0 Å². The standard InChI is InChI=1S/C14H15N5/c1-2-3-13-16-6-7-19(13)14-11-5-4-10(15)8-12(11)17-9-18-14/h4-9H,2-3,15H2,1H3. The maximum absolute atomic E-state index is 5.79. The minimum atomic E-state index is 0.705. The van der Waals surface area contributed by atoms with Crippen LogP contribution in [0, 0.1) is 0 Å². The number of hydrogen-bond donors (Lipinski definition) is 1. The van der Waals surface area contributed by atoms with Crippen molar-refractivity contribution >= 4 is 16.6 Å². The van der Waals surface area contributed by atoms with E-state index < -0.39 is 0 Å². The molecular formula is C14H15N5. The van der Waals surface area contributed by atoms with Crippen molar-refractivity contribution in [2.45, 2.75) is 19.8 Å². The summed E-state index contributed by atoms with van der Waals surface area (Å²) in [6.45, 7) is 2.14. The number of nitrogens with zero attached hydrogens (tertiary/aromatic N) is 4. The second kappa shape index (κ2) is 4.68. The van der Waals surface area contributed by atoms with E-state index >= 15 is 0 Å². The summed E-state index contributed by atoms with van der Waals surface area (Å²) in [5.74, 6) is 1.87. The summed E-state index contributed by atoms with van der Waals surface area (Å²) in [5.41, 5.74) is 7.34. The molecule has 0 bridgehead atoms. The van der Waals surface area contributed by atoms with Crippen LogP contribution in [0.15, 0.2) is 36.9 Å². The van der Waals surface area contributed by atoms with E-state index in [1.807, 2.05) is 29.0 Å². The lowest BCUT2D eigenvalue weighted by atomic mass is 10.2. The molecule has 3 rings (SSSR count). The van der Waals surface area contributed by atoms with Crippen LogP contribution in [0.5, 0.6) is 0 Å². The highest BCUT2D eigenvalue weighted by Gasteiger charge is 2.09. The van der Waals surface area contributed by atoms with Gasteiger partial charge in [0.05, 0.1) is 5.52 Å². The van der Waals surface area contributed by atoms with E-state index in [1.165, 1.54) is 0 Å². The molecule has 2 aromatic heterocycles. The van der Waals surface area contributed by atoms with Crippen LogP contribution in [0.4, 0.5) is 5.69 Å². The van der Waals surface area contributed by atoms with E-state index in [0.717, 1.165) is 35.4 Å². The zero-order valence-electron chi connectivity index (χ0n) is 10.7. The Hall–Kier alpha value is -2.43. The van der Waals surface area contributed by atoms with Gasteiger partial charge in [0.25, 0.3) is 0 Å². The van der Waals surface area contributed by atoms with E-state index in [9.17, 15) is 0 Å². The maximum Gasteiger partial charge on any atom is 0.149 e. The van der Waals surface area contributed by atoms with Crippen molar-refractivity contribution < 1.29 is 0 Å². The fourth-order valence-electron chi connectivity index (χ4n) is 2.19. The summed E-state index contributed by atoms with van der Waals surface area (Å²) in [4.78, 5) is 13.0. The first-order chi connectivity index (χ1) is 9.29. The second-order valence-electron chi connectivity index (χ2n) is 4.44. The highest BCUT2D eigenvalue weighted by atomic mass is 15.1. The third-order valence-electron chi connectivity index (χ3n) is 3.06. The van der Waals surface area contributed by atoms with Gasteiger partial charge in [0, 0.05) is 29.9 Å². The van der Waals surface area contributed by atoms with E-state index in [2.05, 4.69) is 21.9 Å². The number of rotatable bonds is 3. The molecule has 19 heavy (non-hydrogen) atoms. The molecule has 0 unspecified atom stereocenters. The molecule has 0 aliphatic rings. The largest absolute Gasteiger partial charge is 0.399 e. The first-order valence-electron chi connectivity index (χ1n) is 6.32. The van der Waals surface area contributed by atoms with Gasteiger partial charge in [0.1, 0.15) is 18.0 Å². The minimum Gasteiger partial charge on any atom is -0.399 e. The molecule has 0 aliphatic carbocycles. The van der Waals surface area contributed by atoms with Crippen molar-refractivity contribution in [2.24, 2.45) is 0 Å². The van der Waals surface area contributed by atoms with Gasteiger partial charge in [-0.2, -0.15) is 0 Å². The molecule has 0 radical (unpaired) electrons. The number of aromatic nitrogens is 4. The highest BCUT2D eigenvalue weighted by Crippen LogP contribution is 2.21. The summed E-state index contributed by atoms with van der Waals surface area (Å²) < 4.78 is 2.02. The molecule has 0 spiro atoms. The van der Waals surface area contributed by atoms with Crippen LogP contribution >= 0.6 is 0 Å². The van der Waals surface area contributed by atoms with Crippen molar-refractivity contribution in [1.29, 1.82) is 0 Å². The van der Waals surface area contributed by atoms with Gasteiger partial charge < -0.3 is 5.73 Å². The molecule has 3 aromatic rings. The van der Waals surface area contributed by atoms with Gasteiger partial charge >= 0.3 is 0 Å². The first kappa shape index (κ1) is 11.6. The Morgan fingerprint density at radius 2 is 2.11 bits per heavy atom. The van der Waals surface area contributed by atoms with Crippen molar-refractivity contribution in [1.82, 2.24) is 19.5 Å². The zero-order chi connectivity index (χ0) is 13.2. The van der Waals surface area contributed by atoms with Gasteiger partial charge in [0.2, 0.25) is 0 Å². The second-order valence-corrected chi connectivity index (χ2v) is 4.44. The number of nitrogens with two attached hydrogens (primary N) is 1. The van der Waals surface area contributed by atoms with Crippen LogP contribution in [0.2, 0.25) is 0 Å². The Kier molecular flexibility index (Phi) is 2.87. The van der Waals surface area contributed by atoms with Crippen LogP contribution in [-0.2, 0) is 6.42 Å². The highest BCUT2D eigenvalue weighted by molar-refractivity contribution is 5.87. The van der Waals surface area contributed by atoms with Crippen LogP contribution in [0.25, 0.3) is 16.7 Å². The predicted octanol–water partition coefficient (Wildman–Crippen LogP) is 2.35. The van der Waals surface area contributed by atoms with Crippen LogP contribution < -0.4 is 5.73 Å². The summed E-state index contributed by atoms with van der Waals surface area (Å²) in [6.07, 6.45) is 7.27. The van der Waals surface area contributed by atoms with E-state index in [1.54, 1.807) is 12.5 Å². The number of anilines is 1. The van der Waals surface area contributed by atoms with E-state index in [4.69, 9.17) is 5.73 Å². The Bertz CT molecular complexity index is 717. The number of nitrogen functional groups attached to an aromatic ring is 1. The zero-order valence-corrected chi connectivity index (χ0v) is 10.7. The molecule has 0 saturated carbocycles. The Morgan fingerprint density at radius 1 is 1.21 bits per heavy atom. The average Bonchev–Trinajstić information content (AvgIpc) is 2.86. The van der Waals surface area contributed by atoms with Crippen molar-refractivity contribution in [3.8, 4) is 5.82 Å². The fourth-order valence-corrected chi connectivity index (χ4v) is 2.19. The normalized spacial score (nSPS) is 11.0. The minimum absolute atomic E-state index is 0.705. The van der Waals surface area contributed by atoms with E-state index in [-0.39, 0.29) is 0 Å². The summed E-state index contributed by atoms with van der Waals surface area (Å²) in [5, 5.41) is 0.979. The monoisotopic (exact) mass is 253 g/mol. The fraction of sp³-hybridized carbons (Fsp3) is 0.214. The van der Waals surface area contributed by atoms with Gasteiger partial charge in [0.15, 0.2) is 0 Å². The quantitative estimate of drug-likeness (QED) is 0.727.